The first-order valence-electron chi connectivity index (χ1n) is 6.72. The molecule has 1 aromatic carbocycles. The molecule has 0 aliphatic rings. The fraction of sp³-hybridized carbons (Fsp3) is 0.250. The zero-order valence-corrected chi connectivity index (χ0v) is 12.0. The van der Waals surface area contributed by atoms with Crippen LogP contribution in [0, 0.1) is 13.8 Å². The Bertz CT molecular complexity index is 771. The highest BCUT2D eigenvalue weighted by Gasteiger charge is 2.09. The molecule has 0 unspecified atom stereocenters. The van der Waals surface area contributed by atoms with Crippen molar-refractivity contribution >= 4 is 11.0 Å². The molecular weight excluding hydrogens is 248 g/mol. The molecule has 3 aromatic rings. The Balaban J connectivity index is 2.19. The first-order valence-corrected chi connectivity index (χ1v) is 6.72. The van der Waals surface area contributed by atoms with Crippen molar-refractivity contribution < 1.29 is 0 Å². The molecule has 2 N–H and O–H groups in total. The second-order valence-corrected chi connectivity index (χ2v) is 5.28. The van der Waals surface area contributed by atoms with Gasteiger partial charge < -0.3 is 5.73 Å². The predicted molar refractivity (Wildman–Crippen MR) is 80.9 cm³/mol. The molecule has 20 heavy (non-hydrogen) atoms. The van der Waals surface area contributed by atoms with Crippen LogP contribution in [0.15, 0.2) is 36.8 Å². The monoisotopic (exact) mass is 266 g/mol. The van der Waals surface area contributed by atoms with E-state index in [1.807, 2.05) is 30.0 Å². The molecule has 0 saturated carbocycles. The van der Waals surface area contributed by atoms with E-state index in [1.54, 1.807) is 6.20 Å². The van der Waals surface area contributed by atoms with Crippen molar-refractivity contribution in [3.63, 3.8) is 0 Å². The number of aryl methyl sites for hydroxylation is 2. The van der Waals surface area contributed by atoms with Crippen molar-refractivity contribution in [3.05, 3.63) is 53.5 Å². The Kier molecular flexibility index (Phi) is 3.03. The predicted octanol–water partition coefficient (Wildman–Crippen LogP) is 3.06. The highest BCUT2D eigenvalue weighted by molar-refractivity contribution is 5.78. The lowest BCUT2D eigenvalue weighted by molar-refractivity contribution is 0.811. The van der Waals surface area contributed by atoms with Crippen LogP contribution in [-0.2, 0) is 0 Å². The van der Waals surface area contributed by atoms with Gasteiger partial charge >= 0.3 is 0 Å². The Morgan fingerprint density at radius 3 is 2.60 bits per heavy atom. The van der Waals surface area contributed by atoms with Crippen LogP contribution in [0.2, 0.25) is 0 Å². The molecule has 0 aliphatic heterocycles. The van der Waals surface area contributed by atoms with Gasteiger partial charge in [0.25, 0.3) is 0 Å². The lowest BCUT2D eigenvalue weighted by Gasteiger charge is -2.09. The van der Waals surface area contributed by atoms with Crippen LogP contribution in [0.3, 0.4) is 0 Å². The molecule has 2 aromatic heterocycles. The first kappa shape index (κ1) is 12.8. The van der Waals surface area contributed by atoms with Crippen LogP contribution in [0.1, 0.15) is 29.7 Å². The summed E-state index contributed by atoms with van der Waals surface area (Å²) in [6.45, 7) is 6.18. The minimum Gasteiger partial charge on any atom is -0.324 e. The van der Waals surface area contributed by atoms with Crippen molar-refractivity contribution in [1.82, 2.24) is 14.5 Å². The van der Waals surface area contributed by atoms with Gasteiger partial charge in [-0.15, -0.1) is 0 Å². The lowest BCUT2D eigenvalue weighted by atomic mass is 10.1. The minimum atomic E-state index is -0.00415. The highest BCUT2D eigenvalue weighted by Crippen LogP contribution is 2.22. The van der Waals surface area contributed by atoms with Crippen LogP contribution in [0.4, 0.5) is 0 Å². The Hall–Kier alpha value is -2.20. The van der Waals surface area contributed by atoms with Crippen molar-refractivity contribution in [2.75, 3.05) is 0 Å². The van der Waals surface area contributed by atoms with Gasteiger partial charge in [0.05, 0.1) is 11.0 Å². The summed E-state index contributed by atoms with van der Waals surface area (Å²) in [5, 5.41) is 0. The van der Waals surface area contributed by atoms with Gasteiger partial charge in [-0.25, -0.2) is 9.97 Å². The molecule has 1 atom stereocenters. The van der Waals surface area contributed by atoms with Gasteiger partial charge in [-0.05, 0) is 61.7 Å². The smallest absolute Gasteiger partial charge is 0.138 e. The van der Waals surface area contributed by atoms with E-state index in [0.717, 1.165) is 22.4 Å². The van der Waals surface area contributed by atoms with E-state index in [-0.39, 0.29) is 6.04 Å². The van der Waals surface area contributed by atoms with Crippen LogP contribution in [0.5, 0.6) is 0 Å². The number of nitrogens with zero attached hydrogens (tertiary/aromatic N) is 3. The van der Waals surface area contributed by atoms with E-state index in [1.165, 1.54) is 11.1 Å². The molecular formula is C16H18N4. The van der Waals surface area contributed by atoms with E-state index >= 15 is 0 Å². The van der Waals surface area contributed by atoms with E-state index in [2.05, 4.69) is 35.9 Å². The van der Waals surface area contributed by atoms with Gasteiger partial charge in [0.1, 0.15) is 12.1 Å². The van der Waals surface area contributed by atoms with Crippen molar-refractivity contribution in [2.45, 2.75) is 26.8 Å². The van der Waals surface area contributed by atoms with Gasteiger partial charge in [-0.3, -0.25) is 4.57 Å². The third-order valence-electron chi connectivity index (χ3n) is 3.70. The summed E-state index contributed by atoms with van der Waals surface area (Å²) in [6.07, 6.45) is 3.61. The molecule has 0 spiro atoms. The Morgan fingerprint density at radius 2 is 1.85 bits per heavy atom. The van der Waals surface area contributed by atoms with Gasteiger partial charge in [-0.1, -0.05) is 0 Å². The number of rotatable bonds is 2. The molecule has 0 amide bonds. The fourth-order valence-corrected chi connectivity index (χ4v) is 2.30. The molecule has 0 aliphatic carbocycles. The van der Waals surface area contributed by atoms with E-state index in [0.29, 0.717) is 0 Å². The summed E-state index contributed by atoms with van der Waals surface area (Å²) in [5.41, 5.74) is 11.6. The normalized spacial score (nSPS) is 12.8. The second kappa shape index (κ2) is 4.72. The van der Waals surface area contributed by atoms with Crippen LogP contribution < -0.4 is 5.73 Å². The van der Waals surface area contributed by atoms with E-state index in [9.17, 15) is 0 Å². The molecule has 3 rings (SSSR count). The first-order chi connectivity index (χ1) is 9.56. The summed E-state index contributed by atoms with van der Waals surface area (Å²) in [5.74, 6) is 0.852. The summed E-state index contributed by atoms with van der Waals surface area (Å²) in [4.78, 5) is 8.90. The number of nitrogens with two attached hydrogens (primary N) is 1. The minimum absolute atomic E-state index is 0.00415. The third-order valence-corrected chi connectivity index (χ3v) is 3.70. The maximum atomic E-state index is 5.94. The maximum Gasteiger partial charge on any atom is 0.138 e. The Morgan fingerprint density at radius 1 is 1.10 bits per heavy atom. The summed E-state index contributed by atoms with van der Waals surface area (Å²) < 4.78 is 2.01. The number of pyridine rings is 1. The van der Waals surface area contributed by atoms with Crippen molar-refractivity contribution in [1.29, 1.82) is 0 Å². The van der Waals surface area contributed by atoms with Gasteiger partial charge in [0, 0.05) is 12.2 Å². The standard InChI is InChI=1S/C16H18N4/c1-10-6-14-15(7-11(10)2)20(9-19-14)16-8-13(12(3)17)4-5-18-16/h4-9,12H,17H2,1-3H3/t12-/m0/s1. The molecule has 0 fully saturated rings. The summed E-state index contributed by atoms with van der Waals surface area (Å²) >= 11 is 0. The molecule has 4 heteroatoms. The molecule has 4 nitrogen and oxygen atoms in total. The molecule has 0 bridgehead atoms. The quantitative estimate of drug-likeness (QED) is 0.775. The third kappa shape index (κ3) is 2.08. The second-order valence-electron chi connectivity index (χ2n) is 5.28. The van der Waals surface area contributed by atoms with Crippen molar-refractivity contribution in [3.8, 4) is 5.82 Å². The number of hydrogen-bond donors (Lipinski definition) is 1. The van der Waals surface area contributed by atoms with Crippen LogP contribution >= 0.6 is 0 Å². The maximum absolute atomic E-state index is 5.94. The summed E-state index contributed by atoms with van der Waals surface area (Å²) in [6, 6.07) is 8.22. The fourth-order valence-electron chi connectivity index (χ4n) is 2.30. The number of fused-ring (bicyclic) bond motifs is 1. The number of hydrogen-bond acceptors (Lipinski definition) is 3. The van der Waals surface area contributed by atoms with Crippen molar-refractivity contribution in [2.24, 2.45) is 5.73 Å². The Labute approximate surface area is 118 Å². The lowest BCUT2D eigenvalue weighted by Crippen LogP contribution is -2.06. The number of imidazole rings is 1. The zero-order chi connectivity index (χ0) is 14.3. The largest absolute Gasteiger partial charge is 0.324 e. The average Bonchev–Trinajstić information content (AvgIpc) is 2.82. The molecule has 2 heterocycles. The van der Waals surface area contributed by atoms with E-state index < -0.39 is 0 Å². The van der Waals surface area contributed by atoms with Gasteiger partial charge in [0.15, 0.2) is 0 Å². The van der Waals surface area contributed by atoms with Gasteiger partial charge in [-0.2, -0.15) is 0 Å². The van der Waals surface area contributed by atoms with Crippen LogP contribution in [-0.4, -0.2) is 14.5 Å². The van der Waals surface area contributed by atoms with Crippen LogP contribution in [0.25, 0.3) is 16.9 Å². The molecule has 0 radical (unpaired) electrons. The average molecular weight is 266 g/mol. The highest BCUT2D eigenvalue weighted by atomic mass is 15.1. The zero-order valence-electron chi connectivity index (χ0n) is 12.0. The molecule has 0 saturated heterocycles. The SMILES string of the molecule is Cc1cc2ncn(-c3cc([C@H](C)N)ccn3)c2cc1C. The van der Waals surface area contributed by atoms with Gasteiger partial charge in [0.2, 0.25) is 0 Å². The number of aromatic nitrogens is 3. The number of benzene rings is 1. The molecule has 102 valence electrons. The van der Waals surface area contributed by atoms with E-state index in [4.69, 9.17) is 5.73 Å². The summed E-state index contributed by atoms with van der Waals surface area (Å²) in [7, 11) is 0. The topological polar surface area (TPSA) is 56.7 Å².